The van der Waals surface area contributed by atoms with Gasteiger partial charge in [0.05, 0.1) is 12.5 Å². The first kappa shape index (κ1) is 13.8. The fourth-order valence-electron chi connectivity index (χ4n) is 3.46. The van der Waals surface area contributed by atoms with Gasteiger partial charge in [0, 0.05) is 24.7 Å². The molecule has 2 fully saturated rings. The SMILES string of the molecule is CC1CCN(C2CCCCCC2)CC(CC#N)N1. The lowest BCUT2D eigenvalue weighted by Gasteiger charge is -2.31. The number of nitrogens with zero attached hydrogens (tertiary/aromatic N) is 2. The Kier molecular flexibility index (Phi) is 5.46. The molecule has 1 N–H and O–H groups in total. The summed E-state index contributed by atoms with van der Waals surface area (Å²) in [5.74, 6) is 0. The number of nitrogens with one attached hydrogen (secondary N) is 1. The van der Waals surface area contributed by atoms with Crippen LogP contribution in [0.5, 0.6) is 0 Å². The normalized spacial score (nSPS) is 32.4. The minimum atomic E-state index is 0.371. The van der Waals surface area contributed by atoms with Gasteiger partial charge in [0.15, 0.2) is 0 Å². The smallest absolute Gasteiger partial charge is 0.0638 e. The molecule has 1 saturated carbocycles. The Morgan fingerprint density at radius 2 is 1.89 bits per heavy atom. The Labute approximate surface area is 112 Å². The number of hydrogen-bond donors (Lipinski definition) is 1. The average molecular weight is 249 g/mol. The van der Waals surface area contributed by atoms with E-state index in [1.807, 2.05) is 0 Å². The molecule has 1 saturated heterocycles. The summed E-state index contributed by atoms with van der Waals surface area (Å²) in [7, 11) is 0. The molecule has 0 bridgehead atoms. The van der Waals surface area contributed by atoms with Gasteiger partial charge in [-0.25, -0.2) is 0 Å². The topological polar surface area (TPSA) is 39.1 Å². The van der Waals surface area contributed by atoms with Crippen molar-refractivity contribution in [2.24, 2.45) is 0 Å². The van der Waals surface area contributed by atoms with Crippen LogP contribution in [-0.2, 0) is 0 Å². The van der Waals surface area contributed by atoms with Crippen LogP contribution < -0.4 is 5.32 Å². The molecule has 0 aromatic heterocycles. The highest BCUT2D eigenvalue weighted by Crippen LogP contribution is 2.23. The van der Waals surface area contributed by atoms with Crippen molar-refractivity contribution < 1.29 is 0 Å². The van der Waals surface area contributed by atoms with Crippen LogP contribution >= 0.6 is 0 Å². The van der Waals surface area contributed by atoms with E-state index in [-0.39, 0.29) is 0 Å². The third kappa shape index (κ3) is 3.96. The fraction of sp³-hybridized carbons (Fsp3) is 0.933. The van der Waals surface area contributed by atoms with E-state index in [0.29, 0.717) is 18.5 Å². The van der Waals surface area contributed by atoms with Crippen molar-refractivity contribution in [3.63, 3.8) is 0 Å². The average Bonchev–Trinajstić information content (AvgIpc) is 2.70. The maximum absolute atomic E-state index is 8.93. The predicted octanol–water partition coefficient (Wildman–Crippen LogP) is 2.68. The zero-order valence-corrected chi connectivity index (χ0v) is 11.7. The molecule has 2 aliphatic rings. The third-order valence-electron chi connectivity index (χ3n) is 4.50. The second-order valence-electron chi connectivity index (χ2n) is 6.06. The molecule has 3 heteroatoms. The van der Waals surface area contributed by atoms with E-state index in [9.17, 15) is 0 Å². The number of hydrogen-bond acceptors (Lipinski definition) is 3. The van der Waals surface area contributed by atoms with E-state index >= 15 is 0 Å². The van der Waals surface area contributed by atoms with E-state index in [0.717, 1.165) is 12.6 Å². The zero-order valence-electron chi connectivity index (χ0n) is 11.7. The lowest BCUT2D eigenvalue weighted by Crippen LogP contribution is -2.43. The van der Waals surface area contributed by atoms with Crippen molar-refractivity contribution in [2.45, 2.75) is 76.4 Å². The molecule has 1 heterocycles. The Morgan fingerprint density at radius 1 is 1.17 bits per heavy atom. The van der Waals surface area contributed by atoms with Crippen LogP contribution in [0.15, 0.2) is 0 Å². The lowest BCUT2D eigenvalue weighted by molar-refractivity contribution is 0.176. The molecule has 0 spiro atoms. The Balaban J connectivity index is 1.95. The highest BCUT2D eigenvalue weighted by molar-refractivity contribution is 4.89. The molecule has 18 heavy (non-hydrogen) atoms. The van der Waals surface area contributed by atoms with Crippen LogP contribution in [0.4, 0.5) is 0 Å². The molecule has 1 aliphatic carbocycles. The van der Waals surface area contributed by atoms with Gasteiger partial charge in [-0.3, -0.25) is 4.90 Å². The molecular weight excluding hydrogens is 222 g/mol. The van der Waals surface area contributed by atoms with Gasteiger partial charge in [0.1, 0.15) is 0 Å². The van der Waals surface area contributed by atoms with Gasteiger partial charge in [-0.1, -0.05) is 25.7 Å². The first-order chi connectivity index (χ1) is 8.79. The summed E-state index contributed by atoms with van der Waals surface area (Å²) in [6, 6.07) is 4.04. The Morgan fingerprint density at radius 3 is 2.56 bits per heavy atom. The third-order valence-corrected chi connectivity index (χ3v) is 4.50. The fourth-order valence-corrected chi connectivity index (χ4v) is 3.46. The van der Waals surface area contributed by atoms with Crippen LogP contribution in [0.2, 0.25) is 0 Å². The molecule has 0 amide bonds. The molecule has 2 rings (SSSR count). The standard InChI is InChI=1S/C15H27N3/c1-13-9-11-18(12-14(17-13)8-10-16)15-6-4-2-3-5-7-15/h13-15,17H,2-9,11-12H2,1H3. The van der Waals surface area contributed by atoms with Crippen LogP contribution in [-0.4, -0.2) is 36.1 Å². The van der Waals surface area contributed by atoms with Gasteiger partial charge in [-0.05, 0) is 32.7 Å². The van der Waals surface area contributed by atoms with Gasteiger partial charge < -0.3 is 5.32 Å². The van der Waals surface area contributed by atoms with Gasteiger partial charge in [0.2, 0.25) is 0 Å². The van der Waals surface area contributed by atoms with E-state index in [2.05, 4.69) is 23.2 Å². The van der Waals surface area contributed by atoms with Crippen molar-refractivity contribution in [1.29, 1.82) is 5.26 Å². The van der Waals surface area contributed by atoms with E-state index in [4.69, 9.17) is 5.26 Å². The monoisotopic (exact) mass is 249 g/mol. The van der Waals surface area contributed by atoms with Crippen molar-refractivity contribution in [3.8, 4) is 6.07 Å². The highest BCUT2D eigenvalue weighted by Gasteiger charge is 2.26. The summed E-state index contributed by atoms with van der Waals surface area (Å²) < 4.78 is 0. The van der Waals surface area contributed by atoms with Crippen LogP contribution in [0, 0.1) is 11.3 Å². The first-order valence-electron chi connectivity index (χ1n) is 7.66. The molecule has 1 aliphatic heterocycles. The first-order valence-corrected chi connectivity index (χ1v) is 7.66. The molecular formula is C15H27N3. The summed E-state index contributed by atoms with van der Waals surface area (Å²) in [5, 5.41) is 12.5. The van der Waals surface area contributed by atoms with Crippen molar-refractivity contribution in [3.05, 3.63) is 0 Å². The molecule has 2 atom stereocenters. The van der Waals surface area contributed by atoms with E-state index < -0.39 is 0 Å². The van der Waals surface area contributed by atoms with Crippen molar-refractivity contribution in [2.75, 3.05) is 13.1 Å². The molecule has 0 aromatic carbocycles. The highest BCUT2D eigenvalue weighted by atomic mass is 15.2. The molecule has 2 unspecified atom stereocenters. The van der Waals surface area contributed by atoms with Gasteiger partial charge in [-0.15, -0.1) is 0 Å². The molecule has 0 radical (unpaired) electrons. The Hall–Kier alpha value is -0.590. The van der Waals surface area contributed by atoms with Crippen molar-refractivity contribution >= 4 is 0 Å². The lowest BCUT2D eigenvalue weighted by atomic mass is 10.1. The summed E-state index contributed by atoms with van der Waals surface area (Å²) in [4.78, 5) is 2.67. The number of nitriles is 1. The minimum absolute atomic E-state index is 0.371. The predicted molar refractivity (Wildman–Crippen MR) is 74.3 cm³/mol. The zero-order chi connectivity index (χ0) is 12.8. The summed E-state index contributed by atoms with van der Waals surface area (Å²) in [6.07, 6.45) is 10.2. The second-order valence-corrected chi connectivity index (χ2v) is 6.06. The summed E-state index contributed by atoms with van der Waals surface area (Å²) >= 11 is 0. The van der Waals surface area contributed by atoms with Crippen LogP contribution in [0.3, 0.4) is 0 Å². The van der Waals surface area contributed by atoms with Gasteiger partial charge in [0.25, 0.3) is 0 Å². The Bertz CT molecular complexity index is 276. The maximum Gasteiger partial charge on any atom is 0.0638 e. The second kappa shape index (κ2) is 7.11. The largest absolute Gasteiger partial charge is 0.309 e. The summed E-state index contributed by atoms with van der Waals surface area (Å²) in [5.41, 5.74) is 0. The van der Waals surface area contributed by atoms with Crippen LogP contribution in [0.1, 0.15) is 58.3 Å². The molecule has 3 nitrogen and oxygen atoms in total. The minimum Gasteiger partial charge on any atom is -0.309 e. The van der Waals surface area contributed by atoms with Gasteiger partial charge >= 0.3 is 0 Å². The molecule has 102 valence electrons. The van der Waals surface area contributed by atoms with Crippen LogP contribution in [0.25, 0.3) is 0 Å². The molecule has 0 aromatic rings. The van der Waals surface area contributed by atoms with E-state index in [1.165, 1.54) is 51.5 Å². The quantitative estimate of drug-likeness (QED) is 0.765. The van der Waals surface area contributed by atoms with Gasteiger partial charge in [-0.2, -0.15) is 5.26 Å². The van der Waals surface area contributed by atoms with Crippen molar-refractivity contribution in [1.82, 2.24) is 10.2 Å². The number of rotatable bonds is 2. The maximum atomic E-state index is 8.93. The van der Waals surface area contributed by atoms with E-state index in [1.54, 1.807) is 0 Å². The summed E-state index contributed by atoms with van der Waals surface area (Å²) in [6.45, 7) is 4.53.